The number of carbonyl (C=O) groups is 1. The third-order valence-electron chi connectivity index (χ3n) is 3.42. The number of likely N-dealkylation sites (tertiary alicyclic amines) is 1. The molecule has 2 atom stereocenters. The zero-order valence-corrected chi connectivity index (χ0v) is 11.7. The zero-order chi connectivity index (χ0) is 13.1. The summed E-state index contributed by atoms with van der Waals surface area (Å²) in [6.45, 7) is 5.31. The number of thiazole rings is 1. The SMILES string of the molecule is CCCc1ncc(C(=O)N2CCC(C(C)O)C2)s1. The van der Waals surface area contributed by atoms with Crippen LogP contribution < -0.4 is 0 Å². The van der Waals surface area contributed by atoms with E-state index in [4.69, 9.17) is 0 Å². The highest BCUT2D eigenvalue weighted by atomic mass is 32.1. The summed E-state index contributed by atoms with van der Waals surface area (Å²) in [5.41, 5.74) is 0. The molecule has 0 saturated carbocycles. The zero-order valence-electron chi connectivity index (χ0n) is 10.9. The molecule has 0 radical (unpaired) electrons. The van der Waals surface area contributed by atoms with Crippen molar-refractivity contribution in [3.8, 4) is 0 Å². The Morgan fingerprint density at radius 2 is 2.50 bits per heavy atom. The van der Waals surface area contributed by atoms with Crippen molar-refractivity contribution in [2.75, 3.05) is 13.1 Å². The number of aliphatic hydroxyl groups excluding tert-OH is 1. The molecule has 0 aliphatic carbocycles. The molecular formula is C13H20N2O2S. The molecule has 2 unspecified atom stereocenters. The Morgan fingerprint density at radius 1 is 1.72 bits per heavy atom. The summed E-state index contributed by atoms with van der Waals surface area (Å²) in [4.78, 5) is 19.1. The second kappa shape index (κ2) is 5.80. The van der Waals surface area contributed by atoms with Crippen LogP contribution in [-0.4, -0.2) is 40.1 Å². The van der Waals surface area contributed by atoms with Crippen molar-refractivity contribution in [1.29, 1.82) is 0 Å². The van der Waals surface area contributed by atoms with Gasteiger partial charge in [-0.15, -0.1) is 11.3 Å². The monoisotopic (exact) mass is 268 g/mol. The van der Waals surface area contributed by atoms with Gasteiger partial charge in [0.15, 0.2) is 0 Å². The number of amides is 1. The summed E-state index contributed by atoms with van der Waals surface area (Å²) in [6.07, 6.45) is 4.24. The molecule has 2 heterocycles. The van der Waals surface area contributed by atoms with Crippen LogP contribution in [0.4, 0.5) is 0 Å². The summed E-state index contributed by atoms with van der Waals surface area (Å²) >= 11 is 1.50. The summed E-state index contributed by atoms with van der Waals surface area (Å²) < 4.78 is 0. The van der Waals surface area contributed by atoms with Crippen LogP contribution in [0.3, 0.4) is 0 Å². The molecule has 2 rings (SSSR count). The first-order valence-electron chi connectivity index (χ1n) is 6.53. The standard InChI is InChI=1S/C13H20N2O2S/c1-3-4-12-14-7-11(18-12)13(17)15-6-5-10(8-15)9(2)16/h7,9-10,16H,3-6,8H2,1-2H3. The minimum Gasteiger partial charge on any atom is -0.393 e. The Kier molecular flexibility index (Phi) is 4.35. The molecule has 0 aromatic carbocycles. The molecule has 1 amide bonds. The number of aliphatic hydroxyl groups is 1. The van der Waals surface area contributed by atoms with E-state index < -0.39 is 0 Å². The third-order valence-corrected chi connectivity index (χ3v) is 4.47. The molecule has 1 aliphatic heterocycles. The van der Waals surface area contributed by atoms with Gasteiger partial charge in [-0.2, -0.15) is 0 Å². The van der Waals surface area contributed by atoms with E-state index in [2.05, 4.69) is 11.9 Å². The maximum atomic E-state index is 12.2. The molecule has 1 N–H and O–H groups in total. The Labute approximate surface area is 112 Å². The second-order valence-corrected chi connectivity index (χ2v) is 6.02. The van der Waals surface area contributed by atoms with Gasteiger partial charge in [-0.1, -0.05) is 6.92 Å². The highest BCUT2D eigenvalue weighted by Crippen LogP contribution is 2.23. The molecule has 4 nitrogen and oxygen atoms in total. The van der Waals surface area contributed by atoms with E-state index >= 15 is 0 Å². The van der Waals surface area contributed by atoms with Gasteiger partial charge in [-0.25, -0.2) is 4.98 Å². The van der Waals surface area contributed by atoms with Crippen molar-refractivity contribution in [3.05, 3.63) is 16.1 Å². The third kappa shape index (κ3) is 2.90. The van der Waals surface area contributed by atoms with Gasteiger partial charge in [0.25, 0.3) is 5.91 Å². The lowest BCUT2D eigenvalue weighted by molar-refractivity contribution is 0.0767. The quantitative estimate of drug-likeness (QED) is 0.908. The van der Waals surface area contributed by atoms with Gasteiger partial charge in [0.05, 0.1) is 17.3 Å². The van der Waals surface area contributed by atoms with Crippen molar-refractivity contribution in [3.63, 3.8) is 0 Å². The predicted molar refractivity (Wildman–Crippen MR) is 71.8 cm³/mol. The first kappa shape index (κ1) is 13.5. The smallest absolute Gasteiger partial charge is 0.265 e. The van der Waals surface area contributed by atoms with Gasteiger partial charge in [-0.05, 0) is 26.2 Å². The minimum atomic E-state index is -0.333. The maximum absolute atomic E-state index is 12.2. The van der Waals surface area contributed by atoms with Crippen molar-refractivity contribution < 1.29 is 9.90 Å². The van der Waals surface area contributed by atoms with Crippen LogP contribution in [0.5, 0.6) is 0 Å². The van der Waals surface area contributed by atoms with Crippen LogP contribution in [0.1, 0.15) is 41.4 Å². The van der Waals surface area contributed by atoms with E-state index in [1.165, 1.54) is 11.3 Å². The predicted octanol–water partition coefficient (Wildman–Crippen LogP) is 1.94. The van der Waals surface area contributed by atoms with Crippen LogP contribution in [0.25, 0.3) is 0 Å². The lowest BCUT2D eigenvalue weighted by Crippen LogP contribution is -2.29. The molecule has 1 aromatic heterocycles. The van der Waals surface area contributed by atoms with Crippen molar-refractivity contribution >= 4 is 17.2 Å². The highest BCUT2D eigenvalue weighted by Gasteiger charge is 2.30. The van der Waals surface area contributed by atoms with E-state index in [1.807, 2.05) is 4.90 Å². The van der Waals surface area contributed by atoms with Crippen LogP contribution in [0.15, 0.2) is 6.20 Å². The molecule has 1 aromatic rings. The molecule has 0 bridgehead atoms. The average Bonchev–Trinajstić information content (AvgIpc) is 2.97. The number of rotatable bonds is 4. The van der Waals surface area contributed by atoms with Crippen LogP contribution >= 0.6 is 11.3 Å². The molecule has 100 valence electrons. The summed E-state index contributed by atoms with van der Waals surface area (Å²) in [5, 5.41) is 10.6. The first-order valence-corrected chi connectivity index (χ1v) is 7.35. The van der Waals surface area contributed by atoms with E-state index in [9.17, 15) is 9.90 Å². The summed E-state index contributed by atoms with van der Waals surface area (Å²) in [5.74, 6) is 0.287. The number of aryl methyl sites for hydroxylation is 1. The molecule has 5 heteroatoms. The lowest BCUT2D eigenvalue weighted by atomic mass is 10.0. The molecule has 1 fully saturated rings. The Hall–Kier alpha value is -0.940. The fourth-order valence-electron chi connectivity index (χ4n) is 2.26. The number of hydrogen-bond acceptors (Lipinski definition) is 4. The van der Waals surface area contributed by atoms with E-state index in [-0.39, 0.29) is 17.9 Å². The number of carbonyl (C=O) groups excluding carboxylic acids is 1. The average molecular weight is 268 g/mol. The molecule has 1 aliphatic rings. The first-order chi connectivity index (χ1) is 8.61. The number of aromatic nitrogens is 1. The van der Waals surface area contributed by atoms with E-state index in [0.717, 1.165) is 35.7 Å². The van der Waals surface area contributed by atoms with Crippen LogP contribution in [0.2, 0.25) is 0 Å². The van der Waals surface area contributed by atoms with Crippen molar-refractivity contribution in [2.45, 2.75) is 39.2 Å². The lowest BCUT2D eigenvalue weighted by Gasteiger charge is -2.16. The van der Waals surface area contributed by atoms with Gasteiger partial charge < -0.3 is 10.0 Å². The molecule has 0 spiro atoms. The highest BCUT2D eigenvalue weighted by molar-refractivity contribution is 7.13. The van der Waals surface area contributed by atoms with Crippen molar-refractivity contribution in [1.82, 2.24) is 9.88 Å². The Bertz CT molecular complexity index is 417. The fraction of sp³-hybridized carbons (Fsp3) is 0.692. The second-order valence-electron chi connectivity index (χ2n) is 4.91. The normalized spacial score (nSPS) is 21.3. The number of nitrogens with zero attached hydrogens (tertiary/aromatic N) is 2. The maximum Gasteiger partial charge on any atom is 0.265 e. The number of hydrogen-bond donors (Lipinski definition) is 1. The van der Waals surface area contributed by atoms with Gasteiger partial charge in [-0.3, -0.25) is 4.79 Å². The summed E-state index contributed by atoms with van der Waals surface area (Å²) in [6, 6.07) is 0. The Morgan fingerprint density at radius 3 is 3.11 bits per heavy atom. The summed E-state index contributed by atoms with van der Waals surface area (Å²) in [7, 11) is 0. The van der Waals surface area contributed by atoms with E-state index in [1.54, 1.807) is 13.1 Å². The van der Waals surface area contributed by atoms with E-state index in [0.29, 0.717) is 6.54 Å². The minimum absolute atomic E-state index is 0.0676. The molecule has 18 heavy (non-hydrogen) atoms. The van der Waals surface area contributed by atoms with Gasteiger partial charge in [0, 0.05) is 19.0 Å². The van der Waals surface area contributed by atoms with Crippen LogP contribution in [0, 0.1) is 5.92 Å². The Balaban J connectivity index is 1.99. The molecular weight excluding hydrogens is 248 g/mol. The molecule has 1 saturated heterocycles. The van der Waals surface area contributed by atoms with Gasteiger partial charge >= 0.3 is 0 Å². The van der Waals surface area contributed by atoms with Crippen molar-refractivity contribution in [2.24, 2.45) is 5.92 Å². The topological polar surface area (TPSA) is 53.4 Å². The van der Waals surface area contributed by atoms with Gasteiger partial charge in [0.1, 0.15) is 4.88 Å². The van der Waals surface area contributed by atoms with Gasteiger partial charge in [0.2, 0.25) is 0 Å². The largest absolute Gasteiger partial charge is 0.393 e. The van der Waals surface area contributed by atoms with Crippen LogP contribution in [-0.2, 0) is 6.42 Å². The fourth-order valence-corrected chi connectivity index (χ4v) is 3.25.